The van der Waals surface area contributed by atoms with Crippen LogP contribution in [0, 0.1) is 5.92 Å². The maximum Gasteiger partial charge on any atom is 0.282 e. The molecule has 8 nitrogen and oxygen atoms in total. The van der Waals surface area contributed by atoms with Crippen LogP contribution in [-0.2, 0) is 19.7 Å². The van der Waals surface area contributed by atoms with Crippen molar-refractivity contribution < 1.29 is 17.9 Å². The lowest BCUT2D eigenvalue weighted by Crippen LogP contribution is -2.52. The Labute approximate surface area is 173 Å². The summed E-state index contributed by atoms with van der Waals surface area (Å²) >= 11 is 0. The van der Waals surface area contributed by atoms with Gasteiger partial charge in [-0.05, 0) is 49.3 Å². The average molecular weight is 423 g/mol. The van der Waals surface area contributed by atoms with E-state index in [4.69, 9.17) is 4.74 Å². The molecule has 3 saturated heterocycles. The molecule has 3 aliphatic heterocycles. The standard InChI is InChI=1S/C20H30N4O4S/c25-20(22-9-3-18(4-10-22)17-1-7-21-8-2-17)19-5-11-23(12-6-19)29(26,27)24-13-15-28-16-14-24/h1-2,7-8,18-19H,3-6,9-16H2. The van der Waals surface area contributed by atoms with Crippen LogP contribution in [0.25, 0.3) is 0 Å². The quantitative estimate of drug-likeness (QED) is 0.725. The van der Waals surface area contributed by atoms with Gasteiger partial charge in [0.1, 0.15) is 0 Å². The summed E-state index contributed by atoms with van der Waals surface area (Å²) in [5, 5.41) is 0. The topological polar surface area (TPSA) is 83.0 Å². The number of carbonyl (C=O) groups is 1. The van der Waals surface area contributed by atoms with Gasteiger partial charge in [-0.15, -0.1) is 0 Å². The van der Waals surface area contributed by atoms with E-state index in [0.29, 0.717) is 58.2 Å². The molecule has 0 atom stereocenters. The summed E-state index contributed by atoms with van der Waals surface area (Å²) in [4.78, 5) is 19.0. The molecule has 4 rings (SSSR count). The first-order chi connectivity index (χ1) is 14.1. The molecule has 3 fully saturated rings. The number of nitrogens with zero attached hydrogens (tertiary/aromatic N) is 4. The van der Waals surface area contributed by atoms with Crippen LogP contribution in [0.15, 0.2) is 24.5 Å². The summed E-state index contributed by atoms with van der Waals surface area (Å²) < 4.78 is 33.9. The molecule has 1 amide bonds. The summed E-state index contributed by atoms with van der Waals surface area (Å²) in [6.45, 7) is 4.11. The third kappa shape index (κ3) is 4.63. The SMILES string of the molecule is O=C(C1CCN(S(=O)(=O)N2CCOCC2)CC1)N1CCC(c2ccncc2)CC1. The Morgan fingerprint density at radius 3 is 2.10 bits per heavy atom. The van der Waals surface area contributed by atoms with Gasteiger partial charge in [-0.3, -0.25) is 9.78 Å². The Morgan fingerprint density at radius 2 is 1.48 bits per heavy atom. The van der Waals surface area contributed by atoms with Gasteiger partial charge >= 0.3 is 0 Å². The molecular formula is C20H30N4O4S. The third-order valence-electron chi connectivity index (χ3n) is 6.41. The fourth-order valence-corrected chi connectivity index (χ4v) is 6.21. The van der Waals surface area contributed by atoms with Crippen LogP contribution in [0.5, 0.6) is 0 Å². The molecule has 160 valence electrons. The van der Waals surface area contributed by atoms with E-state index in [9.17, 15) is 13.2 Å². The van der Waals surface area contributed by atoms with Crippen molar-refractivity contribution in [2.45, 2.75) is 31.6 Å². The largest absolute Gasteiger partial charge is 0.379 e. The highest BCUT2D eigenvalue weighted by molar-refractivity contribution is 7.86. The van der Waals surface area contributed by atoms with Gasteiger partial charge in [0.15, 0.2) is 0 Å². The van der Waals surface area contributed by atoms with Gasteiger partial charge in [0, 0.05) is 57.6 Å². The van der Waals surface area contributed by atoms with Gasteiger partial charge in [-0.2, -0.15) is 17.0 Å². The second-order valence-corrected chi connectivity index (χ2v) is 10.0. The van der Waals surface area contributed by atoms with Crippen LogP contribution in [0.3, 0.4) is 0 Å². The number of hydrogen-bond acceptors (Lipinski definition) is 5. The maximum absolute atomic E-state index is 13.0. The minimum Gasteiger partial charge on any atom is -0.379 e. The highest BCUT2D eigenvalue weighted by Gasteiger charge is 2.37. The van der Waals surface area contributed by atoms with Crippen molar-refractivity contribution in [1.82, 2.24) is 18.5 Å². The maximum atomic E-state index is 13.0. The summed E-state index contributed by atoms with van der Waals surface area (Å²) in [6.07, 6.45) is 6.80. The Morgan fingerprint density at radius 1 is 0.897 bits per heavy atom. The lowest BCUT2D eigenvalue weighted by Gasteiger charge is -2.38. The highest BCUT2D eigenvalue weighted by atomic mass is 32.2. The summed E-state index contributed by atoms with van der Waals surface area (Å²) in [5.74, 6) is 0.618. The highest BCUT2D eigenvalue weighted by Crippen LogP contribution is 2.30. The van der Waals surface area contributed by atoms with E-state index in [1.807, 2.05) is 17.3 Å². The number of likely N-dealkylation sites (tertiary alicyclic amines) is 1. The Balaban J connectivity index is 1.27. The molecule has 0 spiro atoms. The van der Waals surface area contributed by atoms with Crippen molar-refractivity contribution in [1.29, 1.82) is 0 Å². The Kier molecular flexibility index (Phi) is 6.48. The summed E-state index contributed by atoms with van der Waals surface area (Å²) in [7, 11) is -3.44. The number of morpholine rings is 1. The zero-order valence-corrected chi connectivity index (χ0v) is 17.6. The van der Waals surface area contributed by atoms with E-state index in [1.165, 1.54) is 14.2 Å². The second kappa shape index (κ2) is 9.07. The smallest absolute Gasteiger partial charge is 0.282 e. The Bertz CT molecular complexity index is 782. The fraction of sp³-hybridized carbons (Fsp3) is 0.700. The molecule has 0 aliphatic carbocycles. The number of pyridine rings is 1. The number of carbonyl (C=O) groups excluding carboxylic acids is 1. The molecule has 29 heavy (non-hydrogen) atoms. The van der Waals surface area contributed by atoms with E-state index >= 15 is 0 Å². The molecule has 1 aromatic heterocycles. The average Bonchev–Trinajstić information content (AvgIpc) is 2.80. The monoisotopic (exact) mass is 422 g/mol. The van der Waals surface area contributed by atoms with E-state index in [0.717, 1.165) is 25.9 Å². The fourth-order valence-electron chi connectivity index (χ4n) is 4.60. The first kappa shape index (κ1) is 20.7. The summed E-state index contributed by atoms with van der Waals surface area (Å²) in [5.41, 5.74) is 1.30. The first-order valence-corrected chi connectivity index (χ1v) is 12.0. The van der Waals surface area contributed by atoms with E-state index < -0.39 is 10.2 Å². The lowest BCUT2D eigenvalue weighted by molar-refractivity contribution is -0.137. The van der Waals surface area contributed by atoms with Crippen LogP contribution in [0.2, 0.25) is 0 Å². The van der Waals surface area contributed by atoms with Gasteiger partial charge in [-0.25, -0.2) is 0 Å². The minimum absolute atomic E-state index is 0.0661. The molecule has 0 radical (unpaired) electrons. The van der Waals surface area contributed by atoms with Gasteiger partial charge in [-0.1, -0.05) is 0 Å². The molecule has 4 heterocycles. The lowest BCUT2D eigenvalue weighted by atomic mass is 9.88. The number of aromatic nitrogens is 1. The van der Waals surface area contributed by atoms with Crippen molar-refractivity contribution in [2.24, 2.45) is 5.92 Å². The zero-order valence-electron chi connectivity index (χ0n) is 16.8. The minimum atomic E-state index is -3.44. The van der Waals surface area contributed by atoms with Crippen molar-refractivity contribution in [2.75, 3.05) is 52.5 Å². The van der Waals surface area contributed by atoms with E-state index in [1.54, 1.807) is 0 Å². The summed E-state index contributed by atoms with van der Waals surface area (Å²) in [6, 6.07) is 4.12. The number of rotatable bonds is 4. The molecule has 0 aromatic carbocycles. The predicted molar refractivity (Wildman–Crippen MR) is 108 cm³/mol. The van der Waals surface area contributed by atoms with Gasteiger partial charge in [0.05, 0.1) is 13.2 Å². The van der Waals surface area contributed by atoms with Crippen molar-refractivity contribution in [3.63, 3.8) is 0 Å². The predicted octanol–water partition coefficient (Wildman–Crippen LogP) is 1.08. The molecule has 0 saturated carbocycles. The number of amides is 1. The van der Waals surface area contributed by atoms with Crippen molar-refractivity contribution in [3.05, 3.63) is 30.1 Å². The van der Waals surface area contributed by atoms with E-state index in [-0.39, 0.29) is 11.8 Å². The Hall–Kier alpha value is -1.55. The molecular weight excluding hydrogens is 392 g/mol. The van der Waals surface area contributed by atoms with Crippen LogP contribution in [0.1, 0.15) is 37.2 Å². The van der Waals surface area contributed by atoms with Crippen LogP contribution in [0.4, 0.5) is 0 Å². The van der Waals surface area contributed by atoms with Gasteiger partial charge in [0.2, 0.25) is 5.91 Å². The zero-order chi connectivity index (χ0) is 20.3. The van der Waals surface area contributed by atoms with Crippen molar-refractivity contribution in [3.8, 4) is 0 Å². The molecule has 9 heteroatoms. The van der Waals surface area contributed by atoms with Crippen molar-refractivity contribution >= 4 is 16.1 Å². The number of ether oxygens (including phenoxy) is 1. The van der Waals surface area contributed by atoms with Crippen LogP contribution < -0.4 is 0 Å². The van der Waals surface area contributed by atoms with Gasteiger partial charge in [0.25, 0.3) is 10.2 Å². The van der Waals surface area contributed by atoms with Gasteiger partial charge < -0.3 is 9.64 Å². The van der Waals surface area contributed by atoms with Crippen LogP contribution in [-0.4, -0.2) is 85.3 Å². The second-order valence-electron chi connectivity index (χ2n) is 8.07. The number of hydrogen-bond donors (Lipinski definition) is 0. The molecule has 1 aromatic rings. The third-order valence-corrected chi connectivity index (χ3v) is 8.45. The van der Waals surface area contributed by atoms with E-state index in [2.05, 4.69) is 17.1 Å². The van der Waals surface area contributed by atoms with Crippen LogP contribution >= 0.6 is 0 Å². The first-order valence-electron chi connectivity index (χ1n) is 10.6. The molecule has 0 bridgehead atoms. The normalized spacial score (nSPS) is 23.9. The molecule has 3 aliphatic rings. The number of piperidine rings is 2. The molecule has 0 N–H and O–H groups in total. The molecule has 0 unspecified atom stereocenters.